The molecule has 1 aliphatic rings. The zero-order valence-corrected chi connectivity index (χ0v) is 11.2. The maximum Gasteiger partial charge on any atom is 0.246 e. The Morgan fingerprint density at radius 2 is 2.31 bits per heavy atom. The van der Waals surface area contributed by atoms with E-state index >= 15 is 0 Å². The average Bonchev–Trinajstić information content (AvgIpc) is 2.21. The Morgan fingerprint density at radius 1 is 1.62 bits per heavy atom. The van der Waals surface area contributed by atoms with Crippen LogP contribution in [0.3, 0.4) is 0 Å². The Balaban J connectivity index is 2.06. The van der Waals surface area contributed by atoms with Crippen molar-refractivity contribution in [3.63, 3.8) is 0 Å². The first-order valence-corrected chi connectivity index (χ1v) is 7.05. The fourth-order valence-corrected chi connectivity index (χ4v) is 2.19. The molecule has 1 fully saturated rings. The second kappa shape index (κ2) is 6.47. The summed E-state index contributed by atoms with van der Waals surface area (Å²) >= 11 is 1.80. The summed E-state index contributed by atoms with van der Waals surface area (Å²) in [6.07, 6.45) is 2.08. The van der Waals surface area contributed by atoms with Crippen LogP contribution in [0.1, 0.15) is 13.8 Å². The first kappa shape index (κ1) is 13.8. The number of amides is 1. The molecular formula is C11H22N2O2S. The highest BCUT2D eigenvalue weighted by atomic mass is 32.2. The molecule has 94 valence electrons. The molecule has 16 heavy (non-hydrogen) atoms. The molecule has 0 aromatic rings. The van der Waals surface area contributed by atoms with Gasteiger partial charge in [0.25, 0.3) is 0 Å². The SMILES string of the molecule is CSCC(C)CNC(=O)COC1(C)CNC1. The van der Waals surface area contributed by atoms with Crippen LogP contribution in [-0.2, 0) is 9.53 Å². The number of carbonyl (C=O) groups is 1. The van der Waals surface area contributed by atoms with Gasteiger partial charge in [0.2, 0.25) is 5.91 Å². The lowest BCUT2D eigenvalue weighted by Crippen LogP contribution is -2.59. The maximum absolute atomic E-state index is 11.5. The number of rotatable bonds is 7. The molecule has 4 nitrogen and oxygen atoms in total. The Labute approximate surface area is 102 Å². The van der Waals surface area contributed by atoms with Crippen LogP contribution < -0.4 is 10.6 Å². The van der Waals surface area contributed by atoms with Crippen molar-refractivity contribution >= 4 is 17.7 Å². The molecule has 0 aliphatic carbocycles. The summed E-state index contributed by atoms with van der Waals surface area (Å²) in [6, 6.07) is 0. The van der Waals surface area contributed by atoms with Crippen molar-refractivity contribution in [2.24, 2.45) is 5.92 Å². The number of thioether (sulfide) groups is 1. The van der Waals surface area contributed by atoms with Crippen LogP contribution in [0, 0.1) is 5.92 Å². The molecule has 1 unspecified atom stereocenters. The summed E-state index contributed by atoms with van der Waals surface area (Å²) in [5.74, 6) is 1.57. The second-order valence-electron chi connectivity index (χ2n) is 4.71. The van der Waals surface area contributed by atoms with Gasteiger partial charge in [-0.1, -0.05) is 6.92 Å². The number of hydrogen-bond donors (Lipinski definition) is 2. The molecule has 0 aromatic carbocycles. The molecule has 5 heteroatoms. The molecule has 0 bridgehead atoms. The zero-order chi connectivity index (χ0) is 12.0. The van der Waals surface area contributed by atoms with Crippen molar-refractivity contribution in [1.29, 1.82) is 0 Å². The van der Waals surface area contributed by atoms with Gasteiger partial charge in [0.1, 0.15) is 6.61 Å². The highest BCUT2D eigenvalue weighted by Gasteiger charge is 2.32. The van der Waals surface area contributed by atoms with Crippen molar-refractivity contribution in [2.75, 3.05) is 38.2 Å². The molecule has 1 rings (SSSR count). The summed E-state index contributed by atoms with van der Waals surface area (Å²) in [5.41, 5.74) is -0.137. The second-order valence-corrected chi connectivity index (χ2v) is 5.62. The van der Waals surface area contributed by atoms with Crippen LogP contribution in [0.4, 0.5) is 0 Å². The third-order valence-electron chi connectivity index (χ3n) is 2.65. The molecule has 1 saturated heterocycles. The summed E-state index contributed by atoms with van der Waals surface area (Å²) in [4.78, 5) is 11.5. The molecule has 0 spiro atoms. The minimum atomic E-state index is -0.137. The van der Waals surface area contributed by atoms with Crippen LogP contribution in [0.5, 0.6) is 0 Å². The van der Waals surface area contributed by atoms with Gasteiger partial charge in [-0.25, -0.2) is 0 Å². The normalized spacial score (nSPS) is 19.9. The van der Waals surface area contributed by atoms with E-state index in [1.165, 1.54) is 0 Å². The number of nitrogens with one attached hydrogen (secondary N) is 2. The standard InChI is InChI=1S/C11H22N2O2S/c1-9(6-16-3)4-13-10(14)5-15-11(2)7-12-8-11/h9,12H,4-8H2,1-3H3,(H,13,14). The van der Waals surface area contributed by atoms with Crippen molar-refractivity contribution in [3.05, 3.63) is 0 Å². The minimum Gasteiger partial charge on any atom is -0.363 e. The van der Waals surface area contributed by atoms with E-state index in [1.807, 2.05) is 6.92 Å². The third kappa shape index (κ3) is 4.72. The minimum absolute atomic E-state index is 0.0129. The van der Waals surface area contributed by atoms with Crippen molar-refractivity contribution in [1.82, 2.24) is 10.6 Å². The van der Waals surface area contributed by atoms with Crippen molar-refractivity contribution in [3.8, 4) is 0 Å². The Hall–Kier alpha value is -0.260. The van der Waals surface area contributed by atoms with E-state index in [4.69, 9.17) is 4.74 Å². The van der Waals surface area contributed by atoms with Gasteiger partial charge in [-0.15, -0.1) is 0 Å². The third-order valence-corrected chi connectivity index (χ3v) is 3.55. The molecule has 1 heterocycles. The molecule has 1 aliphatic heterocycles. The summed E-state index contributed by atoms with van der Waals surface area (Å²) in [5, 5.41) is 6.02. The van der Waals surface area contributed by atoms with Crippen molar-refractivity contribution < 1.29 is 9.53 Å². The lowest BCUT2D eigenvalue weighted by atomic mass is 10.0. The Bertz CT molecular complexity index is 232. The van der Waals surface area contributed by atoms with Gasteiger partial charge in [0, 0.05) is 19.6 Å². The monoisotopic (exact) mass is 246 g/mol. The molecule has 2 N–H and O–H groups in total. The van der Waals surface area contributed by atoms with Crippen LogP contribution in [0.15, 0.2) is 0 Å². The zero-order valence-electron chi connectivity index (χ0n) is 10.3. The maximum atomic E-state index is 11.5. The Morgan fingerprint density at radius 3 is 2.81 bits per heavy atom. The lowest BCUT2D eigenvalue weighted by molar-refractivity contribution is -0.135. The topological polar surface area (TPSA) is 50.4 Å². The molecule has 0 radical (unpaired) electrons. The first-order chi connectivity index (χ1) is 7.56. The molecule has 1 atom stereocenters. The van der Waals surface area contributed by atoms with E-state index in [0.717, 1.165) is 25.4 Å². The fraction of sp³-hybridized carbons (Fsp3) is 0.909. The van der Waals surface area contributed by atoms with Crippen LogP contribution in [0.25, 0.3) is 0 Å². The van der Waals surface area contributed by atoms with E-state index in [0.29, 0.717) is 5.92 Å². The summed E-state index contributed by atoms with van der Waals surface area (Å²) in [6.45, 7) is 6.73. The summed E-state index contributed by atoms with van der Waals surface area (Å²) in [7, 11) is 0. The van der Waals surface area contributed by atoms with Gasteiger partial charge in [-0.05, 0) is 24.9 Å². The van der Waals surface area contributed by atoms with E-state index in [1.54, 1.807) is 11.8 Å². The van der Waals surface area contributed by atoms with Gasteiger partial charge < -0.3 is 15.4 Å². The van der Waals surface area contributed by atoms with Gasteiger partial charge in [-0.2, -0.15) is 11.8 Å². The van der Waals surface area contributed by atoms with Crippen LogP contribution in [0.2, 0.25) is 0 Å². The van der Waals surface area contributed by atoms with Crippen molar-refractivity contribution in [2.45, 2.75) is 19.4 Å². The average molecular weight is 246 g/mol. The molecule has 0 saturated carbocycles. The van der Waals surface area contributed by atoms with Gasteiger partial charge in [0.05, 0.1) is 5.60 Å². The highest BCUT2D eigenvalue weighted by molar-refractivity contribution is 7.98. The van der Waals surface area contributed by atoms with Crippen LogP contribution >= 0.6 is 11.8 Å². The van der Waals surface area contributed by atoms with E-state index in [-0.39, 0.29) is 18.1 Å². The van der Waals surface area contributed by atoms with Crippen LogP contribution in [-0.4, -0.2) is 49.8 Å². The predicted molar refractivity (Wildman–Crippen MR) is 67.8 cm³/mol. The van der Waals surface area contributed by atoms with E-state index in [2.05, 4.69) is 23.8 Å². The number of ether oxygens (including phenoxy) is 1. The van der Waals surface area contributed by atoms with Gasteiger partial charge in [-0.3, -0.25) is 4.79 Å². The number of carbonyl (C=O) groups excluding carboxylic acids is 1. The largest absolute Gasteiger partial charge is 0.363 e. The summed E-state index contributed by atoms with van der Waals surface area (Å²) < 4.78 is 5.54. The predicted octanol–water partition coefficient (Wildman–Crippen LogP) is 0.480. The fourth-order valence-electron chi connectivity index (χ4n) is 1.50. The molecular weight excluding hydrogens is 224 g/mol. The number of hydrogen-bond acceptors (Lipinski definition) is 4. The van der Waals surface area contributed by atoms with Gasteiger partial charge in [0.15, 0.2) is 0 Å². The highest BCUT2D eigenvalue weighted by Crippen LogP contribution is 2.14. The lowest BCUT2D eigenvalue weighted by Gasteiger charge is -2.38. The van der Waals surface area contributed by atoms with E-state index in [9.17, 15) is 4.79 Å². The molecule has 1 amide bonds. The Kier molecular flexibility index (Phi) is 5.58. The molecule has 0 aromatic heterocycles. The van der Waals surface area contributed by atoms with E-state index < -0.39 is 0 Å². The smallest absolute Gasteiger partial charge is 0.246 e. The van der Waals surface area contributed by atoms with Gasteiger partial charge >= 0.3 is 0 Å². The first-order valence-electron chi connectivity index (χ1n) is 5.66. The quantitative estimate of drug-likeness (QED) is 0.686.